The molecule has 0 unspecified atom stereocenters. The Labute approximate surface area is 171 Å². The largest absolute Gasteiger partial charge is 0.356 e. The smallest absolute Gasteiger partial charge is 0.191 e. The highest BCUT2D eigenvalue weighted by Crippen LogP contribution is 2.10. The summed E-state index contributed by atoms with van der Waals surface area (Å²) in [6, 6.07) is 14.7. The summed E-state index contributed by atoms with van der Waals surface area (Å²) in [4.78, 5) is 4.41. The van der Waals surface area contributed by atoms with Crippen LogP contribution in [0.2, 0.25) is 0 Å². The van der Waals surface area contributed by atoms with Crippen molar-refractivity contribution >= 4 is 39.8 Å². The lowest BCUT2D eigenvalue weighted by atomic mass is 10.2. The van der Waals surface area contributed by atoms with Gasteiger partial charge in [-0.1, -0.05) is 30.3 Å². The number of hydrogen-bond acceptors (Lipinski definition) is 3. The van der Waals surface area contributed by atoms with Crippen LogP contribution >= 0.6 is 24.0 Å². The Bertz CT molecular complexity index is 814. The third-order valence-electron chi connectivity index (χ3n) is 3.56. The average molecular weight is 491 g/mol. The molecule has 0 fully saturated rings. The lowest BCUT2D eigenvalue weighted by molar-refractivity contribution is 0.592. The maximum atomic E-state index is 13.1. The van der Waals surface area contributed by atoms with Crippen LogP contribution in [0.15, 0.2) is 64.5 Å². The van der Waals surface area contributed by atoms with Gasteiger partial charge in [-0.25, -0.2) is 12.8 Å². The first-order chi connectivity index (χ1) is 12.0. The van der Waals surface area contributed by atoms with Gasteiger partial charge in [0.25, 0.3) is 0 Å². The van der Waals surface area contributed by atoms with Gasteiger partial charge in [0.2, 0.25) is 0 Å². The second kappa shape index (κ2) is 11.1. The molecule has 0 amide bonds. The van der Waals surface area contributed by atoms with Crippen molar-refractivity contribution in [3.63, 3.8) is 0 Å². The predicted molar refractivity (Wildman–Crippen MR) is 113 cm³/mol. The molecule has 0 saturated heterocycles. The van der Waals surface area contributed by atoms with Gasteiger partial charge < -0.3 is 10.6 Å². The van der Waals surface area contributed by atoms with Crippen LogP contribution in [0.3, 0.4) is 0 Å². The van der Waals surface area contributed by atoms with Gasteiger partial charge in [-0.3, -0.25) is 4.99 Å². The molecular weight excluding hydrogens is 468 g/mol. The summed E-state index contributed by atoms with van der Waals surface area (Å²) in [6.07, 6.45) is 0.456. The normalized spacial score (nSPS) is 11.5. The van der Waals surface area contributed by atoms with Crippen LogP contribution in [0, 0.1) is 5.82 Å². The van der Waals surface area contributed by atoms with Crippen LogP contribution in [0.5, 0.6) is 0 Å². The van der Waals surface area contributed by atoms with E-state index in [0.717, 1.165) is 5.56 Å². The molecule has 8 heteroatoms. The standard InChI is InChI=1S/C18H22FN3O2S.HI/c1-20-18(22-14-15-7-5-8-16(19)13-15)21-11-6-12-25(23,24)17-9-3-2-4-10-17;/h2-5,7-10,13H,6,11-12,14H2,1H3,(H2,20,21,22);1H. The lowest BCUT2D eigenvalue weighted by Gasteiger charge is -2.12. The number of benzene rings is 2. The van der Waals surface area contributed by atoms with E-state index in [1.54, 1.807) is 43.4 Å². The minimum Gasteiger partial charge on any atom is -0.356 e. The van der Waals surface area contributed by atoms with E-state index in [4.69, 9.17) is 0 Å². The number of hydrogen-bond donors (Lipinski definition) is 2. The second-order valence-corrected chi connectivity index (χ2v) is 7.58. The maximum absolute atomic E-state index is 13.1. The predicted octanol–water partition coefficient (Wildman–Crippen LogP) is 2.97. The molecule has 0 radical (unpaired) electrons. The van der Waals surface area contributed by atoms with E-state index >= 15 is 0 Å². The summed E-state index contributed by atoms with van der Waals surface area (Å²) in [6.45, 7) is 0.897. The van der Waals surface area contributed by atoms with Gasteiger partial charge in [0.15, 0.2) is 15.8 Å². The Morgan fingerprint density at radius 3 is 2.46 bits per heavy atom. The zero-order valence-electron chi connectivity index (χ0n) is 14.5. The minimum atomic E-state index is -3.27. The Morgan fingerprint density at radius 2 is 1.81 bits per heavy atom. The molecule has 0 aromatic heterocycles. The fraction of sp³-hybridized carbons (Fsp3) is 0.278. The third kappa shape index (κ3) is 7.28. The van der Waals surface area contributed by atoms with Gasteiger partial charge in [-0.15, -0.1) is 24.0 Å². The SMILES string of the molecule is CN=C(NCCCS(=O)(=O)c1ccccc1)NCc1cccc(F)c1.I. The molecule has 0 saturated carbocycles. The number of nitrogens with one attached hydrogen (secondary N) is 2. The van der Waals surface area contributed by atoms with Gasteiger partial charge in [0.05, 0.1) is 10.6 Å². The van der Waals surface area contributed by atoms with E-state index in [-0.39, 0.29) is 35.5 Å². The number of sulfone groups is 1. The molecule has 2 aromatic carbocycles. The van der Waals surface area contributed by atoms with E-state index in [1.165, 1.54) is 12.1 Å². The van der Waals surface area contributed by atoms with E-state index in [1.807, 2.05) is 6.07 Å². The molecule has 0 heterocycles. The van der Waals surface area contributed by atoms with Crippen molar-refractivity contribution in [2.24, 2.45) is 4.99 Å². The van der Waals surface area contributed by atoms with E-state index < -0.39 is 9.84 Å². The molecule has 0 aliphatic rings. The van der Waals surface area contributed by atoms with Crippen molar-refractivity contribution in [3.05, 3.63) is 66.0 Å². The quantitative estimate of drug-likeness (QED) is 0.271. The summed E-state index contributed by atoms with van der Waals surface area (Å²) in [7, 11) is -1.64. The molecule has 2 rings (SSSR count). The third-order valence-corrected chi connectivity index (χ3v) is 5.37. The van der Waals surface area contributed by atoms with E-state index in [0.29, 0.717) is 30.4 Å². The first-order valence-corrected chi connectivity index (χ1v) is 9.63. The minimum absolute atomic E-state index is 0. The first kappa shape index (κ1) is 22.4. The number of guanidine groups is 1. The van der Waals surface area contributed by atoms with Gasteiger partial charge >= 0.3 is 0 Å². The molecule has 0 aliphatic carbocycles. The molecular formula is C18H23FIN3O2S. The topological polar surface area (TPSA) is 70.6 Å². The zero-order valence-corrected chi connectivity index (χ0v) is 17.6. The molecule has 2 aromatic rings. The van der Waals surface area contributed by atoms with Crippen molar-refractivity contribution in [2.45, 2.75) is 17.9 Å². The summed E-state index contributed by atoms with van der Waals surface area (Å²) in [5.41, 5.74) is 0.801. The lowest BCUT2D eigenvalue weighted by Crippen LogP contribution is -2.37. The molecule has 142 valence electrons. The van der Waals surface area contributed by atoms with Gasteiger partial charge in [0.1, 0.15) is 5.82 Å². The molecule has 0 aliphatic heterocycles. The summed E-state index contributed by atoms with van der Waals surface area (Å²) >= 11 is 0. The fourth-order valence-electron chi connectivity index (χ4n) is 2.27. The van der Waals surface area contributed by atoms with Gasteiger partial charge in [0, 0.05) is 20.1 Å². The number of rotatable bonds is 7. The first-order valence-electron chi connectivity index (χ1n) is 7.98. The Morgan fingerprint density at radius 1 is 1.08 bits per heavy atom. The highest BCUT2D eigenvalue weighted by atomic mass is 127. The Balaban J connectivity index is 0.00000338. The van der Waals surface area contributed by atoms with Crippen molar-refractivity contribution in [3.8, 4) is 0 Å². The van der Waals surface area contributed by atoms with E-state index in [2.05, 4.69) is 15.6 Å². The highest BCUT2D eigenvalue weighted by molar-refractivity contribution is 14.0. The van der Waals surface area contributed by atoms with Gasteiger partial charge in [-0.2, -0.15) is 0 Å². The summed E-state index contributed by atoms with van der Waals surface area (Å²) in [5, 5.41) is 6.12. The molecule has 0 bridgehead atoms. The summed E-state index contributed by atoms with van der Waals surface area (Å²) < 4.78 is 37.5. The zero-order chi connectivity index (χ0) is 18.1. The van der Waals surface area contributed by atoms with Crippen molar-refractivity contribution in [1.82, 2.24) is 10.6 Å². The number of nitrogens with zero attached hydrogens (tertiary/aromatic N) is 1. The monoisotopic (exact) mass is 491 g/mol. The second-order valence-electron chi connectivity index (χ2n) is 5.47. The van der Waals surface area contributed by atoms with Crippen LogP contribution in [0.4, 0.5) is 4.39 Å². The molecule has 5 nitrogen and oxygen atoms in total. The summed E-state index contributed by atoms with van der Waals surface area (Å²) in [5.74, 6) is 0.319. The van der Waals surface area contributed by atoms with Crippen molar-refractivity contribution in [2.75, 3.05) is 19.3 Å². The number of aliphatic imine (C=N–C) groups is 1. The Hall–Kier alpha value is -1.68. The molecule has 0 spiro atoms. The fourth-order valence-corrected chi connectivity index (χ4v) is 3.60. The van der Waals surface area contributed by atoms with Crippen molar-refractivity contribution < 1.29 is 12.8 Å². The van der Waals surface area contributed by atoms with Crippen LogP contribution in [0.25, 0.3) is 0 Å². The maximum Gasteiger partial charge on any atom is 0.191 e. The Kier molecular flexibility index (Phi) is 9.57. The van der Waals surface area contributed by atoms with Crippen LogP contribution in [-0.4, -0.2) is 33.7 Å². The molecule has 0 atom stereocenters. The van der Waals surface area contributed by atoms with Crippen molar-refractivity contribution in [1.29, 1.82) is 0 Å². The average Bonchev–Trinajstić information content (AvgIpc) is 2.62. The molecule has 26 heavy (non-hydrogen) atoms. The molecule has 2 N–H and O–H groups in total. The van der Waals surface area contributed by atoms with Crippen LogP contribution < -0.4 is 10.6 Å². The highest BCUT2D eigenvalue weighted by Gasteiger charge is 2.13. The van der Waals surface area contributed by atoms with E-state index in [9.17, 15) is 12.8 Å². The van der Waals surface area contributed by atoms with Crippen LogP contribution in [-0.2, 0) is 16.4 Å². The van der Waals surface area contributed by atoms with Crippen LogP contribution in [0.1, 0.15) is 12.0 Å². The number of halogens is 2. The van der Waals surface area contributed by atoms with Gasteiger partial charge in [-0.05, 0) is 36.2 Å².